The Morgan fingerprint density at radius 2 is 1.86 bits per heavy atom. The highest BCUT2D eigenvalue weighted by Crippen LogP contribution is 2.30. The molecule has 0 bridgehead atoms. The molecule has 1 atom stereocenters. The molecule has 3 rings (SSSR count). The number of nitrogens with one attached hydrogen (secondary N) is 1. The number of nitrogens with zero attached hydrogens (tertiary/aromatic N) is 2. The molecule has 4 amide bonds. The molecule has 8 heteroatoms. The van der Waals surface area contributed by atoms with E-state index in [4.69, 9.17) is 16.3 Å². The summed E-state index contributed by atoms with van der Waals surface area (Å²) in [6.07, 6.45) is -0.147. The first-order valence-corrected chi connectivity index (χ1v) is 9.55. The van der Waals surface area contributed by atoms with Crippen LogP contribution in [0.2, 0.25) is 5.02 Å². The Hall–Kier alpha value is -3.06. The molecule has 2 aromatic rings. The van der Waals surface area contributed by atoms with Gasteiger partial charge in [-0.1, -0.05) is 17.7 Å². The molecule has 0 saturated carbocycles. The predicted molar refractivity (Wildman–Crippen MR) is 111 cm³/mol. The number of halogens is 1. The highest BCUT2D eigenvalue weighted by Gasteiger charge is 2.47. The van der Waals surface area contributed by atoms with Crippen molar-refractivity contribution >= 4 is 40.8 Å². The van der Waals surface area contributed by atoms with Gasteiger partial charge in [-0.05, 0) is 50.2 Å². The van der Waals surface area contributed by atoms with Crippen LogP contribution in [0.5, 0.6) is 5.75 Å². The molecule has 0 aliphatic carbocycles. The fourth-order valence-corrected chi connectivity index (χ4v) is 3.41. The van der Waals surface area contributed by atoms with E-state index >= 15 is 0 Å². The third-order valence-electron chi connectivity index (χ3n) is 4.63. The number of hydrogen-bond acceptors (Lipinski definition) is 4. The van der Waals surface area contributed by atoms with Gasteiger partial charge in [0, 0.05) is 22.8 Å². The van der Waals surface area contributed by atoms with Crippen LogP contribution in [0.4, 0.5) is 16.2 Å². The van der Waals surface area contributed by atoms with Gasteiger partial charge in [0.05, 0.1) is 19.2 Å². The molecular weight excluding hydrogens is 394 g/mol. The molecule has 1 heterocycles. The van der Waals surface area contributed by atoms with E-state index in [0.29, 0.717) is 22.1 Å². The van der Waals surface area contributed by atoms with Gasteiger partial charge in [0.25, 0.3) is 5.91 Å². The zero-order chi connectivity index (χ0) is 21.1. The second-order valence-electron chi connectivity index (χ2n) is 6.93. The van der Waals surface area contributed by atoms with Crippen molar-refractivity contribution in [1.29, 1.82) is 0 Å². The van der Waals surface area contributed by atoms with Gasteiger partial charge in [-0.15, -0.1) is 0 Å². The standard InChI is InChI=1S/C21H22ClN3O4/c1-13(2)24-18(12-19(26)23-15-9-7-14(22)8-10-15)20(27)25(21(24)28)16-5-4-6-17(11-16)29-3/h4-11,13,18H,12H2,1-3H3,(H,23,26)/t18-/m1/s1. The number of anilines is 2. The topological polar surface area (TPSA) is 79.0 Å². The zero-order valence-corrected chi connectivity index (χ0v) is 17.1. The Balaban J connectivity index is 1.82. The molecule has 0 spiro atoms. The van der Waals surface area contributed by atoms with E-state index in [9.17, 15) is 14.4 Å². The zero-order valence-electron chi connectivity index (χ0n) is 16.4. The SMILES string of the molecule is COc1cccc(N2C(=O)[C@@H](CC(=O)Nc3ccc(Cl)cc3)N(C(C)C)C2=O)c1. The molecule has 1 N–H and O–H groups in total. The number of imide groups is 1. The van der Waals surface area contributed by atoms with Crippen LogP contribution >= 0.6 is 11.6 Å². The van der Waals surface area contributed by atoms with Crippen LogP contribution < -0.4 is 15.0 Å². The lowest BCUT2D eigenvalue weighted by atomic mass is 10.1. The lowest BCUT2D eigenvalue weighted by Gasteiger charge is -2.25. The molecule has 29 heavy (non-hydrogen) atoms. The molecule has 0 unspecified atom stereocenters. The van der Waals surface area contributed by atoms with Crippen LogP contribution in [0.3, 0.4) is 0 Å². The first kappa shape index (κ1) is 20.7. The fraction of sp³-hybridized carbons (Fsp3) is 0.286. The predicted octanol–water partition coefficient (Wildman–Crippen LogP) is 3.92. The third-order valence-corrected chi connectivity index (χ3v) is 4.88. The lowest BCUT2D eigenvalue weighted by molar-refractivity contribution is -0.124. The van der Waals surface area contributed by atoms with E-state index < -0.39 is 18.0 Å². The van der Waals surface area contributed by atoms with Crippen LogP contribution in [-0.4, -0.2) is 41.9 Å². The molecule has 1 aliphatic rings. The van der Waals surface area contributed by atoms with Gasteiger partial charge in [-0.2, -0.15) is 0 Å². The van der Waals surface area contributed by atoms with E-state index in [2.05, 4.69) is 5.32 Å². The molecule has 0 radical (unpaired) electrons. The van der Waals surface area contributed by atoms with Gasteiger partial charge in [0.2, 0.25) is 5.91 Å². The van der Waals surface area contributed by atoms with Crippen molar-refractivity contribution in [2.75, 3.05) is 17.3 Å². The summed E-state index contributed by atoms with van der Waals surface area (Å²) in [7, 11) is 1.51. The Labute approximate surface area is 174 Å². The monoisotopic (exact) mass is 415 g/mol. The van der Waals surface area contributed by atoms with Crippen molar-refractivity contribution < 1.29 is 19.1 Å². The van der Waals surface area contributed by atoms with Gasteiger partial charge < -0.3 is 15.0 Å². The van der Waals surface area contributed by atoms with Gasteiger partial charge in [0.15, 0.2) is 0 Å². The molecule has 1 aliphatic heterocycles. The first-order valence-electron chi connectivity index (χ1n) is 9.17. The summed E-state index contributed by atoms with van der Waals surface area (Å²) in [4.78, 5) is 41.2. The number of rotatable bonds is 6. The van der Waals surface area contributed by atoms with Gasteiger partial charge >= 0.3 is 6.03 Å². The van der Waals surface area contributed by atoms with Gasteiger partial charge in [-0.3, -0.25) is 9.59 Å². The highest BCUT2D eigenvalue weighted by atomic mass is 35.5. The van der Waals surface area contributed by atoms with Crippen molar-refractivity contribution in [2.24, 2.45) is 0 Å². The third kappa shape index (κ3) is 4.35. The van der Waals surface area contributed by atoms with E-state index in [1.54, 1.807) is 48.5 Å². The maximum Gasteiger partial charge on any atom is 0.332 e. The highest BCUT2D eigenvalue weighted by molar-refractivity contribution is 6.30. The number of carbonyl (C=O) groups excluding carboxylic acids is 3. The fourth-order valence-electron chi connectivity index (χ4n) is 3.29. The number of hydrogen-bond donors (Lipinski definition) is 1. The van der Waals surface area contributed by atoms with Crippen LogP contribution in [-0.2, 0) is 9.59 Å². The van der Waals surface area contributed by atoms with Gasteiger partial charge in [-0.25, -0.2) is 9.69 Å². The van der Waals surface area contributed by atoms with Crippen LogP contribution in [0.1, 0.15) is 20.3 Å². The van der Waals surface area contributed by atoms with Crippen molar-refractivity contribution in [3.8, 4) is 5.75 Å². The number of amides is 4. The quantitative estimate of drug-likeness (QED) is 0.725. The van der Waals surface area contributed by atoms with Crippen molar-refractivity contribution in [2.45, 2.75) is 32.4 Å². The molecule has 1 fully saturated rings. The van der Waals surface area contributed by atoms with Crippen molar-refractivity contribution in [3.05, 3.63) is 53.6 Å². The minimum absolute atomic E-state index is 0.147. The van der Waals surface area contributed by atoms with Gasteiger partial charge in [0.1, 0.15) is 11.8 Å². The Bertz CT molecular complexity index is 930. The lowest BCUT2D eigenvalue weighted by Crippen LogP contribution is -2.42. The largest absolute Gasteiger partial charge is 0.497 e. The van der Waals surface area contributed by atoms with E-state index in [1.165, 1.54) is 12.0 Å². The molecular formula is C21H22ClN3O4. The van der Waals surface area contributed by atoms with Crippen molar-refractivity contribution in [1.82, 2.24) is 4.90 Å². The number of methoxy groups -OCH3 is 1. The number of carbonyl (C=O) groups is 3. The second kappa shape index (κ2) is 8.53. The number of ether oxygens (including phenoxy) is 1. The van der Waals surface area contributed by atoms with E-state index in [1.807, 2.05) is 13.8 Å². The van der Waals surface area contributed by atoms with Crippen LogP contribution in [0, 0.1) is 0 Å². The Morgan fingerprint density at radius 3 is 2.48 bits per heavy atom. The average Bonchev–Trinajstić information content (AvgIpc) is 2.93. The second-order valence-corrected chi connectivity index (χ2v) is 7.37. The summed E-state index contributed by atoms with van der Waals surface area (Å²) in [5, 5.41) is 3.29. The molecule has 2 aromatic carbocycles. The minimum atomic E-state index is -0.888. The van der Waals surface area contributed by atoms with Crippen molar-refractivity contribution in [3.63, 3.8) is 0 Å². The molecule has 0 aromatic heterocycles. The summed E-state index contributed by atoms with van der Waals surface area (Å²) in [6.45, 7) is 3.62. The maximum absolute atomic E-state index is 13.1. The Morgan fingerprint density at radius 1 is 1.17 bits per heavy atom. The Kier molecular flexibility index (Phi) is 6.08. The molecule has 152 valence electrons. The summed E-state index contributed by atoms with van der Waals surface area (Å²) in [6, 6.07) is 11.8. The first-order chi connectivity index (χ1) is 13.8. The summed E-state index contributed by atoms with van der Waals surface area (Å²) in [5.74, 6) is -0.275. The normalized spacial score (nSPS) is 16.5. The van der Waals surface area contributed by atoms with E-state index in [-0.39, 0.29) is 18.4 Å². The molecule has 1 saturated heterocycles. The average molecular weight is 416 g/mol. The van der Waals surface area contributed by atoms with Crippen LogP contribution in [0.15, 0.2) is 48.5 Å². The number of urea groups is 1. The smallest absolute Gasteiger partial charge is 0.332 e. The molecule has 7 nitrogen and oxygen atoms in total. The van der Waals surface area contributed by atoms with Crippen LogP contribution in [0.25, 0.3) is 0 Å². The maximum atomic E-state index is 13.1. The summed E-state index contributed by atoms with van der Waals surface area (Å²) < 4.78 is 5.19. The number of benzene rings is 2. The summed E-state index contributed by atoms with van der Waals surface area (Å²) in [5.41, 5.74) is 0.975. The minimum Gasteiger partial charge on any atom is -0.497 e. The van der Waals surface area contributed by atoms with E-state index in [0.717, 1.165) is 4.90 Å². The summed E-state index contributed by atoms with van der Waals surface area (Å²) >= 11 is 5.85.